The molecular formula is C33H44FN3O4. The summed E-state index contributed by atoms with van der Waals surface area (Å²) in [7, 11) is 0. The Morgan fingerprint density at radius 3 is 2.76 bits per heavy atom. The summed E-state index contributed by atoms with van der Waals surface area (Å²) < 4.78 is 24.5. The van der Waals surface area contributed by atoms with Gasteiger partial charge in [-0.2, -0.15) is 4.98 Å². The van der Waals surface area contributed by atoms with E-state index in [1.807, 2.05) is 52.8 Å². The third-order valence-electron chi connectivity index (χ3n) is 7.55. The number of likely N-dealkylation sites (tertiary alicyclic amines) is 1. The molecule has 0 radical (unpaired) electrons. The number of aromatic carboxylic acids is 1. The van der Waals surface area contributed by atoms with Crippen molar-refractivity contribution in [3.63, 3.8) is 0 Å². The first-order chi connectivity index (χ1) is 20.0. The van der Waals surface area contributed by atoms with E-state index in [-0.39, 0.29) is 11.6 Å². The number of carboxylic acids is 1. The van der Waals surface area contributed by atoms with E-state index in [2.05, 4.69) is 21.3 Å². The summed E-state index contributed by atoms with van der Waals surface area (Å²) >= 11 is 0. The Kier molecular flexibility index (Phi) is 12.4. The van der Waals surface area contributed by atoms with Crippen molar-refractivity contribution < 1.29 is 23.4 Å². The number of carboxylic acid groups (broad SMARTS) is 1. The number of aromatic nitrogens is 1. The maximum atomic E-state index is 12.7. The summed E-state index contributed by atoms with van der Waals surface area (Å²) in [5, 5.41) is 12.7. The summed E-state index contributed by atoms with van der Waals surface area (Å²) in [6.45, 7) is 12.4. The monoisotopic (exact) mass is 565 g/mol. The summed E-state index contributed by atoms with van der Waals surface area (Å²) in [5.74, 6) is 0.342. The van der Waals surface area contributed by atoms with Crippen molar-refractivity contribution in [1.82, 2.24) is 9.88 Å². The highest BCUT2D eigenvalue weighted by molar-refractivity contribution is 5.92. The standard InChI is InChI=1S/C31H38FN3O4.C2H6/c1-4-9-21(10-7-17-32)23(5-2)28(38-6-3)11-8-18-35-19-16-24-25(14-15-27(24)35)33-31-34-26-13-12-22(30(36)37)20-29(26)39-31;1-2/h4-5,7,9-13,17,20,24-25,27H,6,8,14-16,18-19H2,1-3H3,(H,33,34)(H,36,37);1-2H3/b9-4-,17-7+,21-10+,23-5-,28-11+;. The van der Waals surface area contributed by atoms with Crippen molar-refractivity contribution in [2.75, 3.05) is 25.0 Å². The molecule has 2 heterocycles. The van der Waals surface area contributed by atoms with Crippen molar-refractivity contribution in [1.29, 1.82) is 0 Å². The van der Waals surface area contributed by atoms with Gasteiger partial charge in [0.25, 0.3) is 6.01 Å². The van der Waals surface area contributed by atoms with Crippen LogP contribution >= 0.6 is 0 Å². The highest BCUT2D eigenvalue weighted by atomic mass is 19.1. The van der Waals surface area contributed by atoms with E-state index in [0.29, 0.717) is 42.0 Å². The second kappa shape index (κ2) is 16.0. The van der Waals surface area contributed by atoms with Crippen LogP contribution in [0.4, 0.5) is 10.4 Å². The molecule has 2 fully saturated rings. The molecule has 41 heavy (non-hydrogen) atoms. The quantitative estimate of drug-likeness (QED) is 0.199. The van der Waals surface area contributed by atoms with Crippen LogP contribution in [0.25, 0.3) is 11.1 Å². The molecule has 3 unspecified atom stereocenters. The Balaban J connectivity index is 0.00000226. The van der Waals surface area contributed by atoms with Crippen LogP contribution in [-0.2, 0) is 4.74 Å². The van der Waals surface area contributed by atoms with Crippen molar-refractivity contribution in [3.8, 4) is 0 Å². The van der Waals surface area contributed by atoms with Crippen LogP contribution in [-0.4, -0.2) is 52.7 Å². The normalized spacial score (nSPS) is 21.9. The van der Waals surface area contributed by atoms with E-state index in [9.17, 15) is 14.3 Å². The molecule has 222 valence electrons. The molecular weight excluding hydrogens is 521 g/mol. The Morgan fingerprint density at radius 2 is 2.07 bits per heavy atom. The lowest BCUT2D eigenvalue weighted by Gasteiger charge is -2.24. The van der Waals surface area contributed by atoms with Crippen LogP contribution in [0.15, 0.2) is 82.3 Å². The number of carbonyl (C=O) groups is 1. The molecule has 0 spiro atoms. The maximum Gasteiger partial charge on any atom is 0.335 e. The second-order valence-corrected chi connectivity index (χ2v) is 9.82. The first kappa shape index (κ1) is 31.9. The van der Waals surface area contributed by atoms with E-state index in [4.69, 9.17) is 9.15 Å². The van der Waals surface area contributed by atoms with Gasteiger partial charge < -0.3 is 19.6 Å². The highest BCUT2D eigenvalue weighted by Crippen LogP contribution is 2.40. The molecule has 3 atom stereocenters. The SMILES string of the molecule is CC.C\C=C/C(=C\C=C\F)C(=C/C)/C(=C\CCN1CCC2C(Nc3nc4ccc(C(=O)O)cc4o3)CCC21)OCC. The van der Waals surface area contributed by atoms with E-state index in [1.165, 1.54) is 12.1 Å². The minimum Gasteiger partial charge on any atom is -0.494 e. The molecule has 1 aromatic carbocycles. The van der Waals surface area contributed by atoms with Gasteiger partial charge in [0.1, 0.15) is 11.3 Å². The molecule has 1 saturated carbocycles. The number of ether oxygens (including phenoxy) is 1. The maximum absolute atomic E-state index is 12.7. The van der Waals surface area contributed by atoms with Gasteiger partial charge in [0.05, 0.1) is 18.5 Å². The largest absolute Gasteiger partial charge is 0.494 e. The minimum atomic E-state index is -0.985. The van der Waals surface area contributed by atoms with Gasteiger partial charge in [-0.05, 0) is 94.8 Å². The molecule has 2 aliphatic rings. The Labute approximate surface area is 243 Å². The smallest absolute Gasteiger partial charge is 0.335 e. The van der Waals surface area contributed by atoms with E-state index >= 15 is 0 Å². The van der Waals surface area contributed by atoms with Crippen molar-refractivity contribution in [2.24, 2.45) is 5.92 Å². The Morgan fingerprint density at radius 1 is 1.27 bits per heavy atom. The lowest BCUT2D eigenvalue weighted by atomic mass is 10.00. The zero-order chi connectivity index (χ0) is 29.8. The van der Waals surface area contributed by atoms with E-state index in [1.54, 1.807) is 18.2 Å². The van der Waals surface area contributed by atoms with E-state index < -0.39 is 5.97 Å². The number of halogens is 1. The highest BCUT2D eigenvalue weighted by Gasteiger charge is 2.43. The topological polar surface area (TPSA) is 87.8 Å². The number of fused-ring (bicyclic) bond motifs is 2. The minimum absolute atomic E-state index is 0.186. The van der Waals surface area contributed by atoms with Crippen LogP contribution < -0.4 is 5.32 Å². The van der Waals surface area contributed by atoms with Crippen molar-refractivity contribution >= 4 is 23.1 Å². The molecule has 1 aliphatic heterocycles. The fraction of sp³-hybridized carbons (Fsp3) is 0.455. The second-order valence-electron chi connectivity index (χ2n) is 9.82. The molecule has 7 nitrogen and oxygen atoms in total. The first-order valence-corrected chi connectivity index (χ1v) is 14.7. The van der Waals surface area contributed by atoms with Gasteiger partial charge in [-0.25, -0.2) is 9.18 Å². The lowest BCUT2D eigenvalue weighted by Crippen LogP contribution is -2.33. The fourth-order valence-electron chi connectivity index (χ4n) is 5.88. The molecule has 2 N–H and O–H groups in total. The molecule has 1 aliphatic carbocycles. The van der Waals surface area contributed by atoms with Crippen LogP contribution in [0, 0.1) is 5.92 Å². The Bertz CT molecular complexity index is 1310. The van der Waals surface area contributed by atoms with Crippen LogP contribution in [0.3, 0.4) is 0 Å². The zero-order valence-corrected chi connectivity index (χ0v) is 24.9. The molecule has 0 bridgehead atoms. The lowest BCUT2D eigenvalue weighted by molar-refractivity contribution is 0.0697. The molecule has 1 aromatic heterocycles. The van der Waals surface area contributed by atoms with Gasteiger partial charge in [-0.15, -0.1) is 0 Å². The number of anilines is 1. The van der Waals surface area contributed by atoms with Gasteiger partial charge in [-0.1, -0.05) is 38.2 Å². The fourth-order valence-corrected chi connectivity index (χ4v) is 5.88. The predicted octanol–water partition coefficient (Wildman–Crippen LogP) is 8.06. The van der Waals surface area contributed by atoms with Gasteiger partial charge in [0.2, 0.25) is 0 Å². The van der Waals surface area contributed by atoms with Crippen LogP contribution in [0.1, 0.15) is 70.7 Å². The molecule has 4 rings (SSSR count). The van der Waals surface area contributed by atoms with Gasteiger partial charge in [0.15, 0.2) is 5.58 Å². The average Bonchev–Trinajstić information content (AvgIpc) is 3.69. The zero-order valence-electron chi connectivity index (χ0n) is 24.9. The van der Waals surface area contributed by atoms with Gasteiger partial charge >= 0.3 is 5.97 Å². The van der Waals surface area contributed by atoms with Crippen molar-refractivity contribution in [2.45, 2.75) is 72.4 Å². The summed E-state index contributed by atoms with van der Waals surface area (Å²) in [6.07, 6.45) is 15.8. The summed E-state index contributed by atoms with van der Waals surface area (Å²) in [4.78, 5) is 18.4. The summed E-state index contributed by atoms with van der Waals surface area (Å²) in [6, 6.07) is 5.97. The number of hydrogen-bond donors (Lipinski definition) is 2. The third kappa shape index (κ3) is 7.97. The van der Waals surface area contributed by atoms with Crippen LogP contribution in [0.2, 0.25) is 0 Å². The number of nitrogens with one attached hydrogen (secondary N) is 1. The van der Waals surface area contributed by atoms with Crippen LogP contribution in [0.5, 0.6) is 0 Å². The Hall–Kier alpha value is -3.65. The average molecular weight is 566 g/mol. The molecule has 2 aromatic rings. The molecule has 1 saturated heterocycles. The molecule has 0 amide bonds. The van der Waals surface area contributed by atoms with Gasteiger partial charge in [-0.3, -0.25) is 4.90 Å². The van der Waals surface area contributed by atoms with E-state index in [0.717, 1.165) is 55.7 Å². The third-order valence-corrected chi connectivity index (χ3v) is 7.55. The number of allylic oxidation sites excluding steroid dienone is 6. The van der Waals surface area contributed by atoms with Crippen molar-refractivity contribution in [3.05, 3.63) is 83.5 Å². The number of oxazole rings is 1. The number of rotatable bonds is 12. The predicted molar refractivity (Wildman–Crippen MR) is 164 cm³/mol. The summed E-state index contributed by atoms with van der Waals surface area (Å²) in [5.41, 5.74) is 3.16. The number of nitrogens with zero attached hydrogens (tertiary/aromatic N) is 2. The molecule has 8 heteroatoms. The number of benzene rings is 1. The van der Waals surface area contributed by atoms with Gasteiger partial charge in [0, 0.05) is 24.2 Å². The number of hydrogen-bond acceptors (Lipinski definition) is 6. The first-order valence-electron chi connectivity index (χ1n) is 14.7.